The third-order valence-corrected chi connectivity index (χ3v) is 3.74. The molecule has 114 valence electrons. The predicted octanol–water partition coefficient (Wildman–Crippen LogP) is 2.38. The number of nitrogens with one attached hydrogen (secondary N) is 1. The Labute approximate surface area is 129 Å². The molecule has 0 saturated carbocycles. The molecule has 0 amide bonds. The molecule has 0 saturated heterocycles. The van der Waals surface area contributed by atoms with Crippen molar-refractivity contribution in [2.24, 2.45) is 0 Å². The molecule has 0 spiro atoms. The highest BCUT2D eigenvalue weighted by atomic mass is 79.9. The van der Waals surface area contributed by atoms with Crippen LogP contribution in [0.15, 0.2) is 22.7 Å². The van der Waals surface area contributed by atoms with Crippen LogP contribution in [-0.2, 0) is 11.2 Å². The van der Waals surface area contributed by atoms with E-state index in [4.69, 9.17) is 9.47 Å². The summed E-state index contributed by atoms with van der Waals surface area (Å²) in [5.74, 6) is 0.801. The first-order valence-corrected chi connectivity index (χ1v) is 7.52. The number of hydrogen-bond acceptors (Lipinski definition) is 4. The molecule has 1 atom stereocenters. The van der Waals surface area contributed by atoms with Crippen molar-refractivity contribution in [2.75, 3.05) is 33.9 Å². The molecule has 5 heteroatoms. The summed E-state index contributed by atoms with van der Waals surface area (Å²) in [6.07, 6.45) is 1.31. The Morgan fingerprint density at radius 1 is 1.30 bits per heavy atom. The molecule has 1 unspecified atom stereocenters. The van der Waals surface area contributed by atoms with Gasteiger partial charge in [0.15, 0.2) is 0 Å². The van der Waals surface area contributed by atoms with Crippen molar-refractivity contribution < 1.29 is 14.6 Å². The zero-order valence-electron chi connectivity index (χ0n) is 12.4. The van der Waals surface area contributed by atoms with Crippen LogP contribution in [0, 0.1) is 0 Å². The van der Waals surface area contributed by atoms with E-state index in [-0.39, 0.29) is 0 Å². The smallest absolute Gasteiger partial charge is 0.133 e. The maximum absolute atomic E-state index is 10.4. The molecule has 2 N–H and O–H groups in total. The summed E-state index contributed by atoms with van der Waals surface area (Å²) >= 11 is 3.46. The Morgan fingerprint density at radius 2 is 2.05 bits per heavy atom. The maximum atomic E-state index is 10.4. The number of benzene rings is 1. The number of aliphatic hydroxyl groups is 1. The largest absolute Gasteiger partial charge is 0.496 e. The third kappa shape index (κ3) is 6.22. The zero-order valence-corrected chi connectivity index (χ0v) is 14.0. The molecule has 0 aliphatic heterocycles. The molecule has 1 aromatic carbocycles. The first kappa shape index (κ1) is 17.4. The van der Waals surface area contributed by atoms with Gasteiger partial charge in [-0.05, 0) is 53.5 Å². The van der Waals surface area contributed by atoms with E-state index in [9.17, 15) is 5.11 Å². The van der Waals surface area contributed by atoms with Crippen molar-refractivity contribution in [2.45, 2.75) is 25.4 Å². The summed E-state index contributed by atoms with van der Waals surface area (Å²) in [7, 11) is 3.32. The fourth-order valence-corrected chi connectivity index (χ4v) is 2.59. The molecular formula is C15H24BrNO3. The van der Waals surface area contributed by atoms with Crippen molar-refractivity contribution in [3.63, 3.8) is 0 Å². The van der Waals surface area contributed by atoms with Crippen LogP contribution in [0.4, 0.5) is 0 Å². The van der Waals surface area contributed by atoms with E-state index in [0.717, 1.165) is 28.9 Å². The van der Waals surface area contributed by atoms with Crippen molar-refractivity contribution >= 4 is 15.9 Å². The van der Waals surface area contributed by atoms with Crippen molar-refractivity contribution in [1.82, 2.24) is 5.32 Å². The Morgan fingerprint density at radius 3 is 2.65 bits per heavy atom. The van der Waals surface area contributed by atoms with Crippen LogP contribution in [-0.4, -0.2) is 44.6 Å². The number of methoxy groups -OCH3 is 2. The zero-order chi connectivity index (χ0) is 15.0. The van der Waals surface area contributed by atoms with Gasteiger partial charge in [0.25, 0.3) is 0 Å². The van der Waals surface area contributed by atoms with Crippen LogP contribution >= 0.6 is 15.9 Å². The number of hydrogen-bond donors (Lipinski definition) is 2. The van der Waals surface area contributed by atoms with Crippen molar-refractivity contribution in [3.8, 4) is 5.75 Å². The molecule has 0 aromatic heterocycles. The first-order valence-electron chi connectivity index (χ1n) is 6.73. The van der Waals surface area contributed by atoms with Crippen LogP contribution in [0.1, 0.15) is 18.9 Å². The molecule has 20 heavy (non-hydrogen) atoms. The monoisotopic (exact) mass is 345 g/mol. The van der Waals surface area contributed by atoms with Crippen molar-refractivity contribution in [3.05, 3.63) is 28.2 Å². The second-order valence-electron chi connectivity index (χ2n) is 5.14. The summed E-state index contributed by atoms with van der Waals surface area (Å²) in [6, 6.07) is 5.88. The van der Waals surface area contributed by atoms with E-state index in [1.807, 2.05) is 25.1 Å². The van der Waals surface area contributed by atoms with E-state index in [0.29, 0.717) is 19.4 Å². The molecule has 0 aliphatic carbocycles. The van der Waals surface area contributed by atoms with E-state index >= 15 is 0 Å². The molecule has 0 heterocycles. The highest BCUT2D eigenvalue weighted by Gasteiger charge is 2.20. The lowest BCUT2D eigenvalue weighted by Gasteiger charge is -2.24. The first-order chi connectivity index (χ1) is 9.48. The molecule has 0 fully saturated rings. The SMILES string of the molecule is COCCNCCC(C)(O)Cc1ccc(OC)c(Br)c1. The van der Waals surface area contributed by atoms with Crippen LogP contribution in [0.25, 0.3) is 0 Å². The van der Waals surface area contributed by atoms with Gasteiger partial charge in [-0.1, -0.05) is 6.07 Å². The van der Waals surface area contributed by atoms with Crippen LogP contribution < -0.4 is 10.1 Å². The van der Waals surface area contributed by atoms with Gasteiger partial charge in [0.05, 0.1) is 23.8 Å². The minimum atomic E-state index is -0.728. The van der Waals surface area contributed by atoms with Crippen LogP contribution in [0.2, 0.25) is 0 Å². The topological polar surface area (TPSA) is 50.7 Å². The van der Waals surface area contributed by atoms with E-state index < -0.39 is 5.60 Å². The highest BCUT2D eigenvalue weighted by Crippen LogP contribution is 2.27. The Hall–Kier alpha value is -0.620. The summed E-state index contributed by atoms with van der Waals surface area (Å²) in [6.45, 7) is 4.13. The van der Waals surface area contributed by atoms with E-state index in [2.05, 4.69) is 21.2 Å². The second-order valence-corrected chi connectivity index (χ2v) is 5.99. The summed E-state index contributed by atoms with van der Waals surface area (Å²) in [5, 5.41) is 13.7. The normalized spacial score (nSPS) is 14.1. The fraction of sp³-hybridized carbons (Fsp3) is 0.600. The van der Waals surface area contributed by atoms with E-state index in [1.54, 1.807) is 14.2 Å². The van der Waals surface area contributed by atoms with Gasteiger partial charge in [-0.15, -0.1) is 0 Å². The van der Waals surface area contributed by atoms with Gasteiger partial charge in [-0.25, -0.2) is 0 Å². The summed E-state index contributed by atoms with van der Waals surface area (Å²) in [5.41, 5.74) is 0.355. The van der Waals surface area contributed by atoms with Gasteiger partial charge in [0.2, 0.25) is 0 Å². The standard InChI is InChI=1S/C15H24BrNO3/c1-15(18,6-7-17-8-9-19-2)11-12-4-5-14(20-3)13(16)10-12/h4-5,10,17-18H,6-9,11H2,1-3H3. The fourth-order valence-electron chi connectivity index (χ4n) is 2.00. The lowest BCUT2D eigenvalue weighted by atomic mass is 9.93. The summed E-state index contributed by atoms with van der Waals surface area (Å²) in [4.78, 5) is 0. The number of rotatable bonds is 9. The molecule has 1 aromatic rings. The lowest BCUT2D eigenvalue weighted by Crippen LogP contribution is -2.33. The second kappa shape index (κ2) is 8.62. The van der Waals surface area contributed by atoms with Gasteiger partial charge in [0, 0.05) is 20.1 Å². The minimum absolute atomic E-state index is 0.613. The average Bonchev–Trinajstić information content (AvgIpc) is 2.38. The highest BCUT2D eigenvalue weighted by molar-refractivity contribution is 9.10. The Balaban J connectivity index is 2.46. The van der Waals surface area contributed by atoms with Crippen molar-refractivity contribution in [1.29, 1.82) is 0 Å². The molecular weight excluding hydrogens is 322 g/mol. The van der Waals surface area contributed by atoms with Gasteiger partial charge in [0.1, 0.15) is 5.75 Å². The molecule has 4 nitrogen and oxygen atoms in total. The number of ether oxygens (including phenoxy) is 2. The Kier molecular flexibility index (Phi) is 7.51. The maximum Gasteiger partial charge on any atom is 0.133 e. The minimum Gasteiger partial charge on any atom is -0.496 e. The number of halogens is 1. The molecule has 0 aliphatic rings. The van der Waals surface area contributed by atoms with E-state index in [1.165, 1.54) is 0 Å². The van der Waals surface area contributed by atoms with Crippen LogP contribution in [0.3, 0.4) is 0 Å². The Bertz CT molecular complexity index is 410. The van der Waals surface area contributed by atoms with Crippen LogP contribution in [0.5, 0.6) is 5.75 Å². The summed E-state index contributed by atoms with van der Waals surface area (Å²) < 4.78 is 11.1. The lowest BCUT2D eigenvalue weighted by molar-refractivity contribution is 0.0510. The molecule has 0 bridgehead atoms. The van der Waals surface area contributed by atoms with Gasteiger partial charge < -0.3 is 19.9 Å². The third-order valence-electron chi connectivity index (χ3n) is 3.12. The van der Waals surface area contributed by atoms with Gasteiger partial charge in [-0.2, -0.15) is 0 Å². The molecule has 0 radical (unpaired) electrons. The average molecular weight is 346 g/mol. The van der Waals surface area contributed by atoms with Gasteiger partial charge in [-0.3, -0.25) is 0 Å². The predicted molar refractivity (Wildman–Crippen MR) is 84.4 cm³/mol. The quantitative estimate of drug-likeness (QED) is 0.674. The van der Waals surface area contributed by atoms with Gasteiger partial charge >= 0.3 is 0 Å². The molecule has 1 rings (SSSR count).